The zero-order valence-electron chi connectivity index (χ0n) is 19.2. The lowest BCUT2D eigenvalue weighted by molar-refractivity contribution is 0.293. The molecule has 0 amide bonds. The number of benzene rings is 2. The molecule has 2 rings (SSSR count). The van der Waals surface area contributed by atoms with Gasteiger partial charge in [-0.2, -0.15) is 5.26 Å². The standard InChI is InChI=1S/C25H34N2O4/c1-18(2)25(17-26,20-8-9-21(28)24(16-20)31-5)12-6-13-27(3)14-11-19-7-10-23(30-4)22(29)15-19/h7-10,15-16,18,28-29H,6,11-14H2,1-5H3. The third-order valence-electron chi connectivity index (χ3n) is 6.02. The summed E-state index contributed by atoms with van der Waals surface area (Å²) in [5.74, 6) is 1.20. The Hall–Kier alpha value is -2.91. The highest BCUT2D eigenvalue weighted by atomic mass is 16.5. The highest BCUT2D eigenvalue weighted by Gasteiger charge is 2.36. The maximum absolute atomic E-state index is 10.1. The summed E-state index contributed by atoms with van der Waals surface area (Å²) in [6, 6.07) is 13.2. The van der Waals surface area contributed by atoms with Gasteiger partial charge in [-0.05, 0) is 74.2 Å². The van der Waals surface area contributed by atoms with Gasteiger partial charge in [-0.15, -0.1) is 0 Å². The molecule has 0 radical (unpaired) electrons. The van der Waals surface area contributed by atoms with Gasteiger partial charge in [0.15, 0.2) is 23.0 Å². The number of hydrogen-bond acceptors (Lipinski definition) is 6. The average molecular weight is 427 g/mol. The van der Waals surface area contributed by atoms with Crippen LogP contribution in [0.2, 0.25) is 0 Å². The number of hydrogen-bond donors (Lipinski definition) is 2. The lowest BCUT2D eigenvalue weighted by Gasteiger charge is -2.32. The Morgan fingerprint density at radius 3 is 2.29 bits per heavy atom. The Kier molecular flexibility index (Phi) is 8.58. The van der Waals surface area contributed by atoms with Crippen molar-refractivity contribution in [3.63, 3.8) is 0 Å². The largest absolute Gasteiger partial charge is 0.504 e. The van der Waals surface area contributed by atoms with Crippen molar-refractivity contribution in [3.05, 3.63) is 47.5 Å². The minimum atomic E-state index is -0.649. The first-order valence-electron chi connectivity index (χ1n) is 10.6. The monoisotopic (exact) mass is 426 g/mol. The molecule has 2 N–H and O–H groups in total. The summed E-state index contributed by atoms with van der Waals surface area (Å²) in [7, 11) is 5.12. The third kappa shape index (κ3) is 5.83. The van der Waals surface area contributed by atoms with Crippen LogP contribution in [0.4, 0.5) is 0 Å². The fourth-order valence-electron chi connectivity index (χ4n) is 3.92. The number of nitriles is 1. The molecule has 0 heterocycles. The van der Waals surface area contributed by atoms with Crippen LogP contribution in [0.15, 0.2) is 36.4 Å². The van der Waals surface area contributed by atoms with Gasteiger partial charge in [0.25, 0.3) is 0 Å². The molecule has 0 fully saturated rings. The molecule has 2 aromatic carbocycles. The zero-order chi connectivity index (χ0) is 23.0. The SMILES string of the molecule is COc1ccc(CCN(C)CCCC(C#N)(c2ccc(O)c(OC)c2)C(C)C)cc1O. The first-order valence-corrected chi connectivity index (χ1v) is 10.6. The quantitative estimate of drug-likeness (QED) is 0.551. The van der Waals surface area contributed by atoms with Crippen LogP contribution in [0, 0.1) is 17.2 Å². The number of aromatic hydroxyl groups is 2. The van der Waals surface area contributed by atoms with E-state index in [2.05, 4.69) is 31.9 Å². The van der Waals surface area contributed by atoms with Crippen molar-refractivity contribution in [2.75, 3.05) is 34.4 Å². The zero-order valence-corrected chi connectivity index (χ0v) is 19.2. The molecule has 6 heteroatoms. The van der Waals surface area contributed by atoms with Gasteiger partial charge < -0.3 is 24.6 Å². The van der Waals surface area contributed by atoms with E-state index in [1.165, 1.54) is 14.2 Å². The molecule has 2 aromatic rings. The smallest absolute Gasteiger partial charge is 0.160 e. The van der Waals surface area contributed by atoms with Gasteiger partial charge in [0, 0.05) is 6.54 Å². The van der Waals surface area contributed by atoms with Crippen molar-refractivity contribution < 1.29 is 19.7 Å². The molecule has 0 saturated carbocycles. The molecule has 0 saturated heterocycles. The van der Waals surface area contributed by atoms with Crippen LogP contribution in [-0.4, -0.2) is 49.5 Å². The summed E-state index contributed by atoms with van der Waals surface area (Å²) in [5.41, 5.74) is 1.27. The number of phenols is 2. The molecule has 31 heavy (non-hydrogen) atoms. The Labute approximate surface area is 185 Å². The van der Waals surface area contributed by atoms with Crippen LogP contribution in [0.1, 0.15) is 37.8 Å². The maximum Gasteiger partial charge on any atom is 0.160 e. The third-order valence-corrected chi connectivity index (χ3v) is 6.02. The number of rotatable bonds is 11. The summed E-state index contributed by atoms with van der Waals surface area (Å²) >= 11 is 0. The van der Waals surface area contributed by atoms with Crippen molar-refractivity contribution in [2.24, 2.45) is 5.92 Å². The fourth-order valence-corrected chi connectivity index (χ4v) is 3.92. The number of phenolic OH excluding ortho intramolecular Hbond substituents is 2. The second-order valence-electron chi connectivity index (χ2n) is 8.29. The maximum atomic E-state index is 10.1. The van der Waals surface area contributed by atoms with E-state index in [4.69, 9.17) is 9.47 Å². The summed E-state index contributed by atoms with van der Waals surface area (Å²) < 4.78 is 10.3. The van der Waals surface area contributed by atoms with Gasteiger partial charge in [-0.25, -0.2) is 0 Å². The van der Waals surface area contributed by atoms with E-state index in [1.54, 1.807) is 24.3 Å². The summed E-state index contributed by atoms with van der Waals surface area (Å²) in [6.45, 7) is 5.82. The summed E-state index contributed by atoms with van der Waals surface area (Å²) in [4.78, 5) is 2.24. The fraction of sp³-hybridized carbons (Fsp3) is 0.480. The minimum Gasteiger partial charge on any atom is -0.504 e. The van der Waals surface area contributed by atoms with Gasteiger partial charge in [0.1, 0.15) is 0 Å². The van der Waals surface area contributed by atoms with E-state index in [9.17, 15) is 15.5 Å². The van der Waals surface area contributed by atoms with E-state index >= 15 is 0 Å². The molecule has 6 nitrogen and oxygen atoms in total. The van der Waals surface area contributed by atoms with Crippen LogP contribution in [0.25, 0.3) is 0 Å². The first kappa shape index (κ1) is 24.4. The molecule has 1 unspecified atom stereocenters. The van der Waals surface area contributed by atoms with E-state index in [1.807, 2.05) is 12.1 Å². The second kappa shape index (κ2) is 10.9. The Balaban J connectivity index is 1.99. The van der Waals surface area contributed by atoms with Crippen LogP contribution in [0.5, 0.6) is 23.0 Å². The predicted molar refractivity (Wildman–Crippen MR) is 122 cm³/mol. The van der Waals surface area contributed by atoms with Crippen molar-refractivity contribution in [1.82, 2.24) is 4.90 Å². The van der Waals surface area contributed by atoms with Gasteiger partial charge >= 0.3 is 0 Å². The lowest BCUT2D eigenvalue weighted by Crippen LogP contribution is -2.32. The molecule has 0 spiro atoms. The van der Waals surface area contributed by atoms with Crippen molar-refractivity contribution in [3.8, 4) is 29.1 Å². The van der Waals surface area contributed by atoms with Crippen molar-refractivity contribution in [1.29, 1.82) is 5.26 Å². The van der Waals surface area contributed by atoms with E-state index < -0.39 is 5.41 Å². The lowest BCUT2D eigenvalue weighted by atomic mass is 9.69. The Morgan fingerprint density at radius 2 is 1.71 bits per heavy atom. The molecule has 1 atom stereocenters. The molecular formula is C25H34N2O4. The number of likely N-dealkylation sites (N-methyl/N-ethyl adjacent to an activating group) is 1. The van der Waals surface area contributed by atoms with E-state index in [-0.39, 0.29) is 17.4 Å². The summed E-state index contributed by atoms with van der Waals surface area (Å²) in [6.07, 6.45) is 2.39. The van der Waals surface area contributed by atoms with Crippen LogP contribution in [-0.2, 0) is 11.8 Å². The van der Waals surface area contributed by atoms with Gasteiger partial charge in [-0.1, -0.05) is 26.0 Å². The topological polar surface area (TPSA) is 86.0 Å². The Morgan fingerprint density at radius 1 is 1.00 bits per heavy atom. The Bertz CT molecular complexity index is 907. The second-order valence-corrected chi connectivity index (χ2v) is 8.29. The number of ether oxygens (including phenoxy) is 2. The molecule has 0 bridgehead atoms. The van der Waals surface area contributed by atoms with Crippen molar-refractivity contribution >= 4 is 0 Å². The number of nitrogens with zero attached hydrogens (tertiary/aromatic N) is 2. The van der Waals surface area contributed by atoms with E-state index in [0.717, 1.165) is 37.1 Å². The normalized spacial score (nSPS) is 13.1. The minimum absolute atomic E-state index is 0.0751. The van der Waals surface area contributed by atoms with Gasteiger partial charge in [0.05, 0.1) is 25.7 Å². The van der Waals surface area contributed by atoms with Crippen LogP contribution >= 0.6 is 0 Å². The molecular weight excluding hydrogens is 392 g/mol. The summed E-state index contributed by atoms with van der Waals surface area (Å²) in [5, 5.41) is 30.0. The van der Waals surface area contributed by atoms with Gasteiger partial charge in [0.2, 0.25) is 0 Å². The highest BCUT2D eigenvalue weighted by molar-refractivity contribution is 5.46. The van der Waals surface area contributed by atoms with Gasteiger partial charge in [-0.3, -0.25) is 0 Å². The molecule has 0 aliphatic heterocycles. The first-order chi connectivity index (χ1) is 14.8. The highest BCUT2D eigenvalue weighted by Crippen LogP contribution is 2.40. The van der Waals surface area contributed by atoms with Crippen molar-refractivity contribution in [2.45, 2.75) is 38.5 Å². The number of methoxy groups -OCH3 is 2. The molecule has 0 aromatic heterocycles. The van der Waals surface area contributed by atoms with E-state index in [0.29, 0.717) is 17.9 Å². The predicted octanol–water partition coefficient (Wildman–Crippen LogP) is 4.49. The molecule has 0 aliphatic carbocycles. The molecule has 168 valence electrons. The average Bonchev–Trinajstić information content (AvgIpc) is 2.75. The van der Waals surface area contributed by atoms with Crippen LogP contribution < -0.4 is 9.47 Å². The van der Waals surface area contributed by atoms with Crippen LogP contribution in [0.3, 0.4) is 0 Å². The molecule has 0 aliphatic rings.